The van der Waals surface area contributed by atoms with Crippen molar-refractivity contribution in [1.29, 1.82) is 0 Å². The maximum Gasteiger partial charge on any atom is 0.250 e. The average molecular weight is 1340 g/mol. The first kappa shape index (κ1) is 64.4. The zero-order valence-electron chi connectivity index (χ0n) is 46.1. The van der Waals surface area contributed by atoms with Crippen LogP contribution in [0.25, 0.3) is 0 Å². The minimum Gasteiger partial charge on any atom is -0.396 e. The van der Waals surface area contributed by atoms with Gasteiger partial charge in [0.15, 0.2) is 0 Å². The van der Waals surface area contributed by atoms with Gasteiger partial charge in [-0.2, -0.15) is 0 Å². The van der Waals surface area contributed by atoms with Gasteiger partial charge in [0.2, 0.25) is 30.1 Å². The van der Waals surface area contributed by atoms with Crippen LogP contribution in [0.3, 0.4) is 0 Å². The summed E-state index contributed by atoms with van der Waals surface area (Å²) in [5.74, 6) is -0.407. The third-order valence-electron chi connectivity index (χ3n) is 15.3. The van der Waals surface area contributed by atoms with E-state index in [0.29, 0.717) is 108 Å². The molecule has 0 saturated heterocycles. The normalized spacial score (nSPS) is 15.5. The fraction of sp³-hybridized carbons (Fsp3) is 0.421. The summed E-state index contributed by atoms with van der Waals surface area (Å²) in [5.41, 5.74) is 5.84. The van der Waals surface area contributed by atoms with E-state index in [1.54, 1.807) is 26.2 Å². The molecule has 3 heterocycles. The van der Waals surface area contributed by atoms with Crippen molar-refractivity contribution in [2.75, 3.05) is 34.0 Å². The molecule has 3 fully saturated rings. The highest BCUT2D eigenvalue weighted by Gasteiger charge is 2.56. The SMILES string of the molecule is Cc1ccc(Cc2cc(=O)n(C)cc2NS(=O)(=O)C2(CCCO)CC2)c(Cl)c1.Cc1ccc(Cc2cc(=O)n(C)cc2NS(=O)(=O)C2(CCO)CC2)c(Cl)c1.Cn1cc(NS(=O)(=O)C2(CCO)CC2)c(Cc2ccc(I)cc2F)cc1=O. The minimum atomic E-state index is -3.75. The molecule has 3 aromatic heterocycles. The standard InChI is InChI=1S/C20H25ClN2O4S.C19H23ClN2O4S.C18H20FIN2O4S/c1-14-4-5-15(17(21)10-14)11-16-12-19(25)23(2)13-18(16)22-28(26,27)20(7-8-20)6-3-9-24;1-13-3-4-14(16(20)9-13)10-15-11-18(24)22(2)12-17(15)21-27(25,26)19(5-6-19)7-8-23;1-22-11-16(21-27(25,26)18(4-5-18)6-7-23)13(9-17(22)24)8-12-2-3-14(20)10-15(12)19/h4-5,10,12-13,22,24H,3,6-9,11H2,1-2H3;3-4,9,11-12,21,23H,5-8,10H2,1-2H3;2-3,9-11,21,23H,4-8H2,1H3. The number of rotatable bonds is 22. The Morgan fingerprint density at radius 3 is 1.13 bits per heavy atom. The van der Waals surface area contributed by atoms with Crippen molar-refractivity contribution in [3.8, 4) is 0 Å². The molecule has 18 nitrogen and oxygen atoms in total. The second kappa shape index (κ2) is 26.0. The molecular weight excluding hydrogens is 1270 g/mol. The van der Waals surface area contributed by atoms with Gasteiger partial charge in [-0.05, 0) is 169 Å². The van der Waals surface area contributed by atoms with Gasteiger partial charge in [0.25, 0.3) is 16.7 Å². The molecule has 0 bridgehead atoms. The Labute approximate surface area is 501 Å². The van der Waals surface area contributed by atoms with Gasteiger partial charge in [-0.1, -0.05) is 53.5 Å². The fourth-order valence-corrected chi connectivity index (χ4v) is 15.7. The smallest absolute Gasteiger partial charge is 0.250 e. The number of hydrogen-bond donors (Lipinski definition) is 6. The van der Waals surface area contributed by atoms with Gasteiger partial charge in [0, 0.05) is 111 Å². The summed E-state index contributed by atoms with van der Waals surface area (Å²) in [6.45, 7) is 3.45. The monoisotopic (exact) mass is 1340 g/mol. The Morgan fingerprint density at radius 1 is 0.500 bits per heavy atom. The Bertz CT molecular complexity index is 3740. The first-order valence-electron chi connectivity index (χ1n) is 26.4. The summed E-state index contributed by atoms with van der Waals surface area (Å²) >= 11 is 14.6. The molecule has 0 atom stereocenters. The maximum absolute atomic E-state index is 14.2. The van der Waals surface area contributed by atoms with Gasteiger partial charge in [0.1, 0.15) is 5.82 Å². The number of aliphatic hydroxyl groups is 3. The van der Waals surface area contributed by atoms with Crippen LogP contribution >= 0.6 is 45.8 Å². The molecule has 6 aromatic rings. The van der Waals surface area contributed by atoms with E-state index in [-0.39, 0.29) is 61.4 Å². The van der Waals surface area contributed by atoms with Gasteiger partial charge in [0.05, 0.1) is 31.3 Å². The van der Waals surface area contributed by atoms with E-state index in [4.69, 9.17) is 28.3 Å². The fourth-order valence-electron chi connectivity index (χ4n) is 9.54. The third-order valence-corrected chi connectivity index (χ3v) is 23.4. The van der Waals surface area contributed by atoms with Crippen LogP contribution in [0.1, 0.15) is 109 Å². The predicted molar refractivity (Wildman–Crippen MR) is 328 cm³/mol. The van der Waals surface area contributed by atoms with Crippen LogP contribution in [0.2, 0.25) is 10.0 Å². The van der Waals surface area contributed by atoms with E-state index >= 15 is 0 Å². The zero-order valence-corrected chi connectivity index (χ0v) is 52.2. The minimum absolute atomic E-state index is 0.0335. The van der Waals surface area contributed by atoms with Crippen molar-refractivity contribution >= 4 is 92.9 Å². The second-order valence-electron chi connectivity index (χ2n) is 21.6. The second-order valence-corrected chi connectivity index (χ2v) is 29.9. The Kier molecular flexibility index (Phi) is 20.4. The van der Waals surface area contributed by atoms with E-state index in [0.717, 1.165) is 25.8 Å². The molecule has 25 heteroatoms. The number of aromatic nitrogens is 3. The molecule has 0 spiro atoms. The number of hydrogen-bond acceptors (Lipinski definition) is 12. The highest BCUT2D eigenvalue weighted by atomic mass is 127. The zero-order chi connectivity index (χ0) is 60.2. The molecule has 0 unspecified atom stereocenters. The summed E-state index contributed by atoms with van der Waals surface area (Å²) in [4.78, 5) is 36.3. The number of pyridine rings is 3. The molecule has 0 aliphatic heterocycles. The lowest BCUT2D eigenvalue weighted by Crippen LogP contribution is -2.32. The van der Waals surface area contributed by atoms with Crippen LogP contribution in [0.5, 0.6) is 0 Å². The quantitative estimate of drug-likeness (QED) is 0.0354. The number of aryl methyl sites for hydroxylation is 5. The molecule has 0 radical (unpaired) electrons. The van der Waals surface area contributed by atoms with Crippen LogP contribution in [0.4, 0.5) is 21.5 Å². The van der Waals surface area contributed by atoms with Crippen LogP contribution in [0.15, 0.2) is 106 Å². The highest BCUT2D eigenvalue weighted by molar-refractivity contribution is 14.1. The number of nitrogens with one attached hydrogen (secondary N) is 3. The van der Waals surface area contributed by atoms with Crippen LogP contribution in [-0.2, 0) is 70.5 Å². The first-order valence-corrected chi connectivity index (χ1v) is 32.7. The predicted octanol–water partition coefficient (Wildman–Crippen LogP) is 7.96. The summed E-state index contributed by atoms with van der Waals surface area (Å²) in [6.07, 6.45) is 9.57. The molecule has 9 rings (SSSR count). The van der Waals surface area contributed by atoms with E-state index in [2.05, 4.69) is 14.2 Å². The van der Waals surface area contributed by atoms with Gasteiger partial charge in [-0.3, -0.25) is 28.5 Å². The molecule has 3 aliphatic rings. The van der Waals surface area contributed by atoms with Crippen LogP contribution in [0, 0.1) is 23.2 Å². The van der Waals surface area contributed by atoms with Crippen molar-refractivity contribution in [1.82, 2.24) is 13.7 Å². The molecule has 444 valence electrons. The summed E-state index contributed by atoms with van der Waals surface area (Å²) < 4.78 is 101. The van der Waals surface area contributed by atoms with Crippen molar-refractivity contribution in [2.45, 2.75) is 112 Å². The van der Waals surface area contributed by atoms with Gasteiger partial charge < -0.3 is 29.0 Å². The largest absolute Gasteiger partial charge is 0.396 e. The lowest BCUT2D eigenvalue weighted by atomic mass is 10.0. The van der Waals surface area contributed by atoms with Crippen molar-refractivity contribution in [3.05, 3.63) is 186 Å². The number of aliphatic hydroxyl groups excluding tert-OH is 3. The van der Waals surface area contributed by atoms with Gasteiger partial charge in [-0.15, -0.1) is 0 Å². The van der Waals surface area contributed by atoms with Gasteiger partial charge in [-0.25, -0.2) is 29.6 Å². The van der Waals surface area contributed by atoms with Crippen LogP contribution in [-0.4, -0.2) is 88.3 Å². The maximum atomic E-state index is 14.2. The van der Waals surface area contributed by atoms with Crippen molar-refractivity contribution < 1.29 is 45.0 Å². The number of halogens is 4. The molecule has 3 aromatic carbocycles. The lowest BCUT2D eigenvalue weighted by molar-refractivity contribution is 0.282. The lowest BCUT2D eigenvalue weighted by Gasteiger charge is -2.20. The first-order chi connectivity index (χ1) is 38.5. The Morgan fingerprint density at radius 2 is 0.829 bits per heavy atom. The summed E-state index contributed by atoms with van der Waals surface area (Å²) in [7, 11) is -6.39. The molecule has 0 amide bonds. The van der Waals surface area contributed by atoms with E-state index in [1.807, 2.05) is 72.8 Å². The van der Waals surface area contributed by atoms with E-state index in [9.17, 15) is 54.2 Å². The Hall–Kier alpha value is -5.12. The van der Waals surface area contributed by atoms with Crippen LogP contribution < -0.4 is 30.8 Å². The van der Waals surface area contributed by atoms with E-state index in [1.165, 1.54) is 63.6 Å². The third kappa shape index (κ3) is 15.2. The molecular formula is C57H68Cl2FIN6O12S3. The van der Waals surface area contributed by atoms with Crippen molar-refractivity contribution in [3.63, 3.8) is 0 Å². The number of sulfonamides is 3. The van der Waals surface area contributed by atoms with E-state index < -0.39 is 50.1 Å². The summed E-state index contributed by atoms with van der Waals surface area (Å²) in [5, 5.41) is 28.6. The molecule has 6 N–H and O–H groups in total. The van der Waals surface area contributed by atoms with Gasteiger partial charge >= 0.3 is 0 Å². The Balaban J connectivity index is 0.000000177. The van der Waals surface area contributed by atoms with Crippen molar-refractivity contribution in [2.24, 2.45) is 21.1 Å². The number of benzene rings is 3. The average Bonchev–Trinajstić information content (AvgIpc) is 3.58. The molecule has 3 saturated carbocycles. The number of anilines is 3. The molecule has 82 heavy (non-hydrogen) atoms. The number of nitrogens with zero attached hydrogens (tertiary/aromatic N) is 3. The highest BCUT2D eigenvalue weighted by Crippen LogP contribution is 2.49. The molecule has 3 aliphatic carbocycles. The summed E-state index contributed by atoms with van der Waals surface area (Å²) in [6, 6.07) is 20.3. The topological polar surface area (TPSA) is 265 Å².